The summed E-state index contributed by atoms with van der Waals surface area (Å²) < 4.78 is 39.8. The Kier molecular flexibility index (Phi) is 15.1. The van der Waals surface area contributed by atoms with E-state index in [4.69, 9.17) is 14.9 Å². The number of carbonyl (C=O) groups is 4. The molecule has 0 aromatic rings. The van der Waals surface area contributed by atoms with E-state index >= 15 is 0 Å². The summed E-state index contributed by atoms with van der Waals surface area (Å²) in [6.07, 6.45) is 5.01. The van der Waals surface area contributed by atoms with E-state index in [-0.39, 0.29) is 18.5 Å². The van der Waals surface area contributed by atoms with Gasteiger partial charge in [0.2, 0.25) is 10.4 Å². The molecule has 4 saturated heterocycles. The van der Waals surface area contributed by atoms with Crippen molar-refractivity contribution in [2.45, 2.75) is 76.5 Å². The Hall–Kier alpha value is -2.54. The van der Waals surface area contributed by atoms with Crippen LogP contribution in [0.15, 0.2) is 0 Å². The Morgan fingerprint density at radius 3 is 1.86 bits per heavy atom. The molecule has 4 atom stereocenters. The minimum atomic E-state index is -5.03. The fourth-order valence-corrected chi connectivity index (χ4v) is 5.08. The van der Waals surface area contributed by atoms with Gasteiger partial charge in [-0.25, -0.2) is 39.3 Å². The van der Waals surface area contributed by atoms with Gasteiger partial charge in [0.15, 0.2) is 0 Å². The van der Waals surface area contributed by atoms with Crippen LogP contribution in [0, 0.1) is 0 Å². The lowest BCUT2D eigenvalue weighted by atomic mass is 10.0. The topological polar surface area (TPSA) is 249 Å². The molecule has 4 aliphatic rings. The Bertz CT molecular complexity index is 1050. The van der Waals surface area contributed by atoms with E-state index in [9.17, 15) is 37.4 Å². The van der Waals surface area contributed by atoms with Crippen molar-refractivity contribution in [3.05, 3.63) is 0 Å². The summed E-state index contributed by atoms with van der Waals surface area (Å²) in [6.45, 7) is 5.13. The lowest BCUT2D eigenvalue weighted by Gasteiger charge is -2.28. The maximum atomic E-state index is 12.0. The van der Waals surface area contributed by atoms with Crippen molar-refractivity contribution < 1.29 is 65.9 Å². The lowest BCUT2D eigenvalue weighted by Crippen LogP contribution is -2.49. The Morgan fingerprint density at radius 1 is 0.930 bits per heavy atom. The maximum absolute atomic E-state index is 12.0. The zero-order valence-corrected chi connectivity index (χ0v) is 25.4. The third kappa shape index (κ3) is 10.5. The van der Waals surface area contributed by atoms with Crippen LogP contribution in [-0.4, -0.2) is 124 Å². The number of hydroxylamine groups is 6. The predicted molar refractivity (Wildman–Crippen MR) is 141 cm³/mol. The summed E-state index contributed by atoms with van der Waals surface area (Å²) >= 11 is 0.929. The lowest BCUT2D eigenvalue weighted by molar-refractivity contribution is -0.432. The number of hydrogen-bond acceptors (Lipinski definition) is 15. The zero-order chi connectivity index (χ0) is 32.2. The third-order valence-corrected chi connectivity index (χ3v) is 7.04. The Labute approximate surface area is 252 Å². The van der Waals surface area contributed by atoms with E-state index in [1.54, 1.807) is 6.26 Å². The molecular formula is C21H37N6O14S2-. The summed E-state index contributed by atoms with van der Waals surface area (Å²) in [5.74, 6) is -0.803. The van der Waals surface area contributed by atoms with Gasteiger partial charge >= 0.3 is 12.1 Å². The predicted octanol–water partition coefficient (Wildman–Crippen LogP) is -0.108. The monoisotopic (exact) mass is 661 g/mol. The van der Waals surface area contributed by atoms with Crippen molar-refractivity contribution in [2.75, 3.05) is 32.6 Å². The fraction of sp³-hybridized carbons (Fsp3) is 0.810. The molecule has 4 bridgehead atoms. The van der Waals surface area contributed by atoms with Crippen LogP contribution in [0.4, 0.5) is 9.59 Å². The number of nitrogens with one attached hydrogen (secondary N) is 2. The molecule has 0 aliphatic carbocycles. The second-order valence-electron chi connectivity index (χ2n) is 9.46. The fourth-order valence-electron chi connectivity index (χ4n) is 4.64. The molecule has 4 rings (SSSR count). The molecule has 22 heteroatoms. The highest BCUT2D eigenvalue weighted by Gasteiger charge is 2.49. The van der Waals surface area contributed by atoms with Gasteiger partial charge in [0.25, 0.3) is 11.8 Å². The average molecular weight is 662 g/mol. The van der Waals surface area contributed by atoms with Crippen molar-refractivity contribution in [3.63, 3.8) is 0 Å². The van der Waals surface area contributed by atoms with Crippen LogP contribution < -0.4 is 11.0 Å². The second-order valence-corrected chi connectivity index (χ2v) is 10.9. The summed E-state index contributed by atoms with van der Waals surface area (Å²) in [5.41, 5.74) is 4.59. The maximum Gasteiger partial charge on any atom is 0.346 e. The van der Waals surface area contributed by atoms with Crippen LogP contribution in [-0.2, 0) is 43.3 Å². The molecule has 0 aromatic heterocycles. The van der Waals surface area contributed by atoms with Gasteiger partial charge in [-0.05, 0) is 38.5 Å². The number of nitrogens with zero attached hydrogens (tertiary/aromatic N) is 4. The van der Waals surface area contributed by atoms with Crippen molar-refractivity contribution in [2.24, 2.45) is 0 Å². The van der Waals surface area contributed by atoms with Gasteiger partial charge in [-0.3, -0.25) is 24.5 Å². The van der Waals surface area contributed by atoms with Crippen LogP contribution in [0.5, 0.6) is 0 Å². The van der Waals surface area contributed by atoms with Gasteiger partial charge in [0.05, 0.1) is 25.3 Å². The normalized spacial score (nSPS) is 24.2. The first-order chi connectivity index (χ1) is 20.4. The van der Waals surface area contributed by atoms with Gasteiger partial charge in [-0.1, -0.05) is 18.9 Å². The van der Waals surface area contributed by atoms with Crippen molar-refractivity contribution in [1.29, 1.82) is 0 Å². The van der Waals surface area contributed by atoms with E-state index in [1.165, 1.54) is 9.80 Å². The molecule has 4 aliphatic heterocycles. The molecule has 0 saturated carbocycles. The van der Waals surface area contributed by atoms with E-state index in [1.807, 2.05) is 13.8 Å². The number of piperidine rings is 2. The highest BCUT2D eigenvalue weighted by molar-refractivity contribution is 7.93. The number of carbonyl (C=O) groups excluding carboxylic acids is 4. The summed E-state index contributed by atoms with van der Waals surface area (Å²) in [6, 6.07) is -3.35. The van der Waals surface area contributed by atoms with Crippen LogP contribution in [0.3, 0.4) is 0 Å². The highest BCUT2D eigenvalue weighted by atomic mass is 32.3. The number of rotatable bonds is 12. The smallest absolute Gasteiger partial charge is 0.346 e. The van der Waals surface area contributed by atoms with Crippen molar-refractivity contribution >= 4 is 46.3 Å². The third-order valence-electron chi connectivity index (χ3n) is 6.50. The Morgan fingerprint density at radius 2 is 1.42 bits per heavy atom. The van der Waals surface area contributed by atoms with E-state index in [0.717, 1.165) is 29.9 Å². The van der Waals surface area contributed by atoms with E-state index in [2.05, 4.69) is 24.6 Å². The first-order valence-electron chi connectivity index (χ1n) is 13.3. The van der Waals surface area contributed by atoms with Gasteiger partial charge in [0.1, 0.15) is 12.1 Å². The average Bonchev–Trinajstić information content (AvgIpc) is 3.33. The molecule has 4 heterocycles. The zero-order valence-electron chi connectivity index (χ0n) is 23.8. The molecule has 248 valence electrons. The Balaban J connectivity index is 0.000000264. The minimum Gasteiger partial charge on any atom is -0.724 e. The minimum absolute atomic E-state index is 0.125. The van der Waals surface area contributed by atoms with Crippen LogP contribution in [0.1, 0.15) is 52.4 Å². The molecule has 0 aromatic carbocycles. The number of amides is 6. The summed E-state index contributed by atoms with van der Waals surface area (Å²) in [5, 5.41) is 21.2. The molecule has 0 spiro atoms. The molecular weight excluding hydrogens is 624 g/mol. The number of fused-ring (bicyclic) bond motifs is 4. The molecule has 0 unspecified atom stereocenters. The van der Waals surface area contributed by atoms with Gasteiger partial charge < -0.3 is 14.4 Å². The van der Waals surface area contributed by atoms with E-state index in [0.29, 0.717) is 50.5 Å². The van der Waals surface area contributed by atoms with Crippen molar-refractivity contribution in [3.8, 4) is 0 Å². The van der Waals surface area contributed by atoms with Gasteiger partial charge in [0, 0.05) is 31.4 Å². The number of urea groups is 2. The molecule has 6 amide bonds. The molecule has 0 radical (unpaired) electrons. The van der Waals surface area contributed by atoms with Crippen LogP contribution in [0.25, 0.3) is 0 Å². The van der Waals surface area contributed by atoms with Crippen LogP contribution >= 0.6 is 12.0 Å². The molecule has 4 fully saturated rings. The first-order valence-corrected chi connectivity index (χ1v) is 15.8. The largest absolute Gasteiger partial charge is 0.724 e. The highest BCUT2D eigenvalue weighted by Crippen LogP contribution is 2.31. The SMILES string of the molecule is CCCONC(=O)[C@@H]1CC[C@@H]2CN1C(=O)N2O.CCCONC(=O)[C@@H]1CC[C@@H]2CN1C(=O)N2OS(=O)(=O)[O-].CSOOO. The van der Waals surface area contributed by atoms with Crippen molar-refractivity contribution in [1.82, 2.24) is 30.9 Å². The quantitative estimate of drug-likeness (QED) is 0.0405. The van der Waals surface area contributed by atoms with Gasteiger partial charge in [-0.2, -0.15) is 9.35 Å². The summed E-state index contributed by atoms with van der Waals surface area (Å²) in [7, 11) is -5.03. The second kappa shape index (κ2) is 17.7. The standard InChI is InChI=1S/C10H17N3O7S.C10H17N3O4.CH4O3S/c1-2-5-19-11-9(14)8-4-3-7-6-12(8)10(15)13(7)20-21(16,17)18;1-2-5-17-11-9(14)8-4-3-7-6-12(8)10(15)13(7)16;1-5-4-3-2/h7-8H,2-6H2,1H3,(H,11,14)(H,16,17,18);7-8,16H,2-6H2,1H3,(H,11,14);2H,1H3/p-1/t2*7-,8+;/m11./s1. The van der Waals surface area contributed by atoms with Gasteiger partial charge in [-0.15, -0.1) is 4.33 Å². The molecule has 43 heavy (non-hydrogen) atoms. The van der Waals surface area contributed by atoms with Crippen LogP contribution in [0.2, 0.25) is 0 Å². The van der Waals surface area contributed by atoms with E-state index < -0.39 is 46.5 Å². The molecule has 20 nitrogen and oxygen atoms in total. The summed E-state index contributed by atoms with van der Waals surface area (Å²) in [4.78, 5) is 59.8. The number of hydrogen-bond donors (Lipinski definition) is 4. The first kappa shape index (κ1) is 36.7. The molecule has 4 N–H and O–H groups in total.